The predicted molar refractivity (Wildman–Crippen MR) is 66.1 cm³/mol. The third-order valence-electron chi connectivity index (χ3n) is 2.51. The highest BCUT2D eigenvalue weighted by molar-refractivity contribution is 7.89. The molecule has 0 aliphatic carbocycles. The molecule has 1 aromatic carbocycles. The maximum atomic E-state index is 13.4. The van der Waals surface area contributed by atoms with E-state index in [1.807, 2.05) is 4.72 Å². The number of hydrogen-bond acceptors (Lipinski definition) is 4. The van der Waals surface area contributed by atoms with Gasteiger partial charge in [0, 0.05) is 0 Å². The fourth-order valence-corrected chi connectivity index (χ4v) is 2.60. The molecule has 0 atom stereocenters. The van der Waals surface area contributed by atoms with E-state index in [2.05, 4.69) is 0 Å². The van der Waals surface area contributed by atoms with Crippen LogP contribution < -0.4 is 4.72 Å². The molecule has 0 amide bonds. The zero-order valence-electron chi connectivity index (χ0n) is 10.3. The van der Waals surface area contributed by atoms with Gasteiger partial charge >= 0.3 is 5.97 Å². The smallest absolute Gasteiger partial charge is 0.371 e. The monoisotopic (exact) mass is 317 g/mol. The lowest BCUT2D eigenvalue weighted by Gasteiger charge is -2.06. The van der Waals surface area contributed by atoms with Crippen molar-refractivity contribution >= 4 is 16.0 Å². The predicted octanol–water partition coefficient (Wildman–Crippen LogP) is 1.73. The normalized spacial score (nSPS) is 11.5. The van der Waals surface area contributed by atoms with Crippen LogP contribution in [-0.4, -0.2) is 19.5 Å². The average Bonchev–Trinajstić information content (AvgIpc) is 2.88. The van der Waals surface area contributed by atoms with Gasteiger partial charge in [-0.1, -0.05) is 6.07 Å². The molecule has 2 aromatic rings. The summed E-state index contributed by atoms with van der Waals surface area (Å²) in [5.74, 6) is -4.42. The first kappa shape index (κ1) is 15.1. The standard InChI is InChI=1S/C12H9F2NO5S/c13-8-2-1-3-10(11(8)14)21(18,19)15-6-7-4-5-9(20-7)12(16)17/h1-5,15H,6H2,(H,16,17). The summed E-state index contributed by atoms with van der Waals surface area (Å²) in [7, 11) is -4.30. The third kappa shape index (κ3) is 3.26. The minimum absolute atomic E-state index is 0.0211. The van der Waals surface area contributed by atoms with Crippen LogP contribution in [0.5, 0.6) is 0 Å². The molecule has 0 saturated heterocycles. The van der Waals surface area contributed by atoms with Crippen LogP contribution in [0.1, 0.15) is 16.3 Å². The SMILES string of the molecule is O=C(O)c1ccc(CNS(=O)(=O)c2cccc(F)c2F)o1. The van der Waals surface area contributed by atoms with Gasteiger partial charge in [0.05, 0.1) is 6.54 Å². The number of halogens is 2. The summed E-state index contributed by atoms with van der Waals surface area (Å²) < 4.78 is 57.0. The number of furan rings is 1. The van der Waals surface area contributed by atoms with Crippen LogP contribution in [0.25, 0.3) is 0 Å². The summed E-state index contributed by atoms with van der Waals surface area (Å²) in [6, 6.07) is 5.16. The second kappa shape index (κ2) is 5.62. The van der Waals surface area contributed by atoms with E-state index in [0.717, 1.165) is 24.3 Å². The molecule has 6 nitrogen and oxygen atoms in total. The quantitative estimate of drug-likeness (QED) is 0.875. The van der Waals surface area contributed by atoms with Crippen molar-refractivity contribution in [1.82, 2.24) is 4.72 Å². The average molecular weight is 317 g/mol. The molecule has 0 saturated carbocycles. The van der Waals surface area contributed by atoms with Gasteiger partial charge in [0.25, 0.3) is 0 Å². The van der Waals surface area contributed by atoms with Gasteiger partial charge in [-0.05, 0) is 24.3 Å². The fraction of sp³-hybridized carbons (Fsp3) is 0.0833. The van der Waals surface area contributed by atoms with Gasteiger partial charge in [0.1, 0.15) is 10.7 Å². The van der Waals surface area contributed by atoms with Crippen LogP contribution >= 0.6 is 0 Å². The molecule has 0 fully saturated rings. The van der Waals surface area contributed by atoms with Crippen molar-refractivity contribution < 1.29 is 31.5 Å². The van der Waals surface area contributed by atoms with E-state index in [-0.39, 0.29) is 11.5 Å². The zero-order valence-corrected chi connectivity index (χ0v) is 11.2. The van der Waals surface area contributed by atoms with Crippen molar-refractivity contribution in [3.8, 4) is 0 Å². The summed E-state index contributed by atoms with van der Waals surface area (Å²) in [4.78, 5) is 9.76. The number of benzene rings is 1. The van der Waals surface area contributed by atoms with Crippen LogP contribution in [0.3, 0.4) is 0 Å². The first-order valence-electron chi connectivity index (χ1n) is 5.57. The van der Waals surface area contributed by atoms with Crippen molar-refractivity contribution in [2.24, 2.45) is 0 Å². The Morgan fingerprint density at radius 1 is 1.24 bits per heavy atom. The van der Waals surface area contributed by atoms with Gasteiger partial charge in [-0.25, -0.2) is 26.7 Å². The summed E-state index contributed by atoms with van der Waals surface area (Å²) in [6.45, 7) is -0.397. The van der Waals surface area contributed by atoms with E-state index in [9.17, 15) is 22.0 Å². The molecule has 21 heavy (non-hydrogen) atoms. The first-order valence-corrected chi connectivity index (χ1v) is 7.05. The molecule has 0 aliphatic heterocycles. The molecule has 1 aromatic heterocycles. The van der Waals surface area contributed by atoms with Crippen LogP contribution in [0.15, 0.2) is 39.6 Å². The topological polar surface area (TPSA) is 96.6 Å². The lowest BCUT2D eigenvalue weighted by Crippen LogP contribution is -2.24. The number of hydrogen-bond donors (Lipinski definition) is 2. The number of sulfonamides is 1. The fourth-order valence-electron chi connectivity index (χ4n) is 1.52. The Balaban J connectivity index is 2.18. The largest absolute Gasteiger partial charge is 0.475 e. The molecule has 2 rings (SSSR count). The van der Waals surface area contributed by atoms with E-state index in [4.69, 9.17) is 9.52 Å². The second-order valence-electron chi connectivity index (χ2n) is 3.95. The summed E-state index contributed by atoms with van der Waals surface area (Å²) in [5.41, 5.74) is 0. The number of nitrogens with one attached hydrogen (secondary N) is 1. The van der Waals surface area contributed by atoms with Gasteiger partial charge in [-0.3, -0.25) is 0 Å². The number of carbonyl (C=O) groups is 1. The lowest BCUT2D eigenvalue weighted by atomic mass is 10.3. The zero-order chi connectivity index (χ0) is 15.6. The Kier molecular flexibility index (Phi) is 4.05. The molecular formula is C12H9F2NO5S. The molecule has 0 spiro atoms. The maximum Gasteiger partial charge on any atom is 0.371 e. The van der Waals surface area contributed by atoms with Gasteiger partial charge in [-0.15, -0.1) is 0 Å². The number of aromatic carboxylic acids is 1. The molecule has 0 unspecified atom stereocenters. The number of carboxylic acids is 1. The molecule has 9 heteroatoms. The molecule has 0 aliphatic rings. The minimum Gasteiger partial charge on any atom is -0.475 e. The minimum atomic E-state index is -4.30. The van der Waals surface area contributed by atoms with Crippen molar-refractivity contribution in [3.63, 3.8) is 0 Å². The van der Waals surface area contributed by atoms with Crippen LogP contribution in [0, 0.1) is 11.6 Å². The van der Waals surface area contributed by atoms with Gasteiger partial charge in [-0.2, -0.15) is 0 Å². The Morgan fingerprint density at radius 2 is 1.95 bits per heavy atom. The highest BCUT2D eigenvalue weighted by Gasteiger charge is 2.21. The van der Waals surface area contributed by atoms with Gasteiger partial charge in [0.15, 0.2) is 11.6 Å². The van der Waals surface area contributed by atoms with E-state index < -0.39 is 39.1 Å². The molecule has 0 bridgehead atoms. The van der Waals surface area contributed by atoms with Crippen LogP contribution in [0.2, 0.25) is 0 Å². The Bertz CT molecular complexity index is 785. The molecule has 1 heterocycles. The lowest BCUT2D eigenvalue weighted by molar-refractivity contribution is 0.0660. The van der Waals surface area contributed by atoms with Crippen molar-refractivity contribution in [3.05, 3.63) is 53.5 Å². The van der Waals surface area contributed by atoms with E-state index >= 15 is 0 Å². The van der Waals surface area contributed by atoms with Crippen molar-refractivity contribution in [1.29, 1.82) is 0 Å². The first-order chi connectivity index (χ1) is 9.81. The Hall–Kier alpha value is -2.26. The van der Waals surface area contributed by atoms with Crippen LogP contribution in [0.4, 0.5) is 8.78 Å². The van der Waals surface area contributed by atoms with E-state index in [1.165, 1.54) is 6.07 Å². The number of rotatable bonds is 5. The molecule has 112 valence electrons. The van der Waals surface area contributed by atoms with Crippen molar-refractivity contribution in [2.75, 3.05) is 0 Å². The highest BCUT2D eigenvalue weighted by Crippen LogP contribution is 2.17. The molecular weight excluding hydrogens is 308 g/mol. The Labute approximate surface area is 118 Å². The van der Waals surface area contributed by atoms with Gasteiger partial charge < -0.3 is 9.52 Å². The Morgan fingerprint density at radius 3 is 2.57 bits per heavy atom. The van der Waals surface area contributed by atoms with Crippen LogP contribution in [-0.2, 0) is 16.6 Å². The highest BCUT2D eigenvalue weighted by atomic mass is 32.2. The van der Waals surface area contributed by atoms with E-state index in [0.29, 0.717) is 0 Å². The third-order valence-corrected chi connectivity index (χ3v) is 3.93. The van der Waals surface area contributed by atoms with E-state index in [1.54, 1.807) is 0 Å². The maximum absolute atomic E-state index is 13.4. The second-order valence-corrected chi connectivity index (χ2v) is 5.68. The number of carboxylic acid groups (broad SMARTS) is 1. The van der Waals surface area contributed by atoms with Gasteiger partial charge in [0.2, 0.25) is 15.8 Å². The summed E-state index contributed by atoms with van der Waals surface area (Å²) in [5, 5.41) is 8.65. The van der Waals surface area contributed by atoms with Crippen molar-refractivity contribution in [2.45, 2.75) is 11.4 Å². The summed E-state index contributed by atoms with van der Waals surface area (Å²) >= 11 is 0. The summed E-state index contributed by atoms with van der Waals surface area (Å²) in [6.07, 6.45) is 0. The molecule has 2 N–H and O–H groups in total. The molecule has 0 radical (unpaired) electrons.